The molecule has 0 saturated carbocycles. The van der Waals surface area contributed by atoms with Crippen LogP contribution in [-0.4, -0.2) is 23.0 Å². The number of anilines is 2. The van der Waals surface area contributed by atoms with E-state index >= 15 is 0 Å². The molecule has 0 aliphatic carbocycles. The highest BCUT2D eigenvalue weighted by Crippen LogP contribution is 2.16. The van der Waals surface area contributed by atoms with Gasteiger partial charge < -0.3 is 15.4 Å². The summed E-state index contributed by atoms with van der Waals surface area (Å²) in [6.45, 7) is 3.88. The fourth-order valence-corrected chi connectivity index (χ4v) is 3.17. The summed E-state index contributed by atoms with van der Waals surface area (Å²) in [4.78, 5) is 24.7. The number of benzene rings is 3. The Bertz CT molecular complexity index is 1080. The summed E-state index contributed by atoms with van der Waals surface area (Å²) < 4.78 is 5.58. The van der Waals surface area contributed by atoms with Crippen LogP contribution in [0.5, 0.6) is 5.75 Å². The van der Waals surface area contributed by atoms with Crippen molar-refractivity contribution in [1.82, 2.24) is 5.32 Å². The van der Waals surface area contributed by atoms with E-state index in [0.29, 0.717) is 22.7 Å². The van der Waals surface area contributed by atoms with Gasteiger partial charge in [0.05, 0.1) is 12.5 Å². The molecule has 0 radical (unpaired) electrons. The van der Waals surface area contributed by atoms with Gasteiger partial charge in [-0.15, -0.1) is 0 Å². The van der Waals surface area contributed by atoms with E-state index in [4.69, 9.17) is 17.0 Å². The Labute approximate surface area is 193 Å². The van der Waals surface area contributed by atoms with Crippen LogP contribution >= 0.6 is 12.2 Å². The Balaban J connectivity index is 1.53. The zero-order valence-corrected chi connectivity index (χ0v) is 18.7. The molecule has 0 spiro atoms. The van der Waals surface area contributed by atoms with E-state index < -0.39 is 0 Å². The monoisotopic (exact) mass is 447 g/mol. The molecule has 0 aliphatic rings. The van der Waals surface area contributed by atoms with Crippen molar-refractivity contribution in [3.05, 3.63) is 90.0 Å². The number of carbonyl (C=O) groups excluding carboxylic acids is 2. The van der Waals surface area contributed by atoms with Crippen molar-refractivity contribution in [2.45, 2.75) is 26.4 Å². The van der Waals surface area contributed by atoms with Crippen LogP contribution in [0.15, 0.2) is 78.9 Å². The van der Waals surface area contributed by atoms with E-state index in [-0.39, 0.29) is 29.5 Å². The van der Waals surface area contributed by atoms with Gasteiger partial charge in [-0.2, -0.15) is 0 Å². The Kier molecular flexibility index (Phi) is 7.94. The lowest BCUT2D eigenvalue weighted by atomic mass is 10.1. The van der Waals surface area contributed by atoms with Crippen LogP contribution in [0, 0.1) is 0 Å². The molecule has 0 aromatic heterocycles. The minimum absolute atomic E-state index is 0.0605. The normalized spacial score (nSPS) is 10.3. The maximum Gasteiger partial charge on any atom is 0.257 e. The van der Waals surface area contributed by atoms with Crippen LogP contribution in [0.4, 0.5) is 11.4 Å². The molecule has 164 valence electrons. The highest BCUT2D eigenvalue weighted by Gasteiger charge is 2.10. The molecular weight excluding hydrogens is 422 g/mol. The first-order chi connectivity index (χ1) is 15.4. The highest BCUT2D eigenvalue weighted by molar-refractivity contribution is 7.80. The topological polar surface area (TPSA) is 79.5 Å². The molecule has 3 aromatic rings. The lowest BCUT2D eigenvalue weighted by molar-refractivity contribution is -0.115. The third-order valence-corrected chi connectivity index (χ3v) is 4.53. The molecule has 3 rings (SSSR count). The number of thiocarbonyl (C=S) groups is 1. The Morgan fingerprint density at radius 2 is 1.53 bits per heavy atom. The first-order valence-corrected chi connectivity index (χ1v) is 10.6. The van der Waals surface area contributed by atoms with Gasteiger partial charge in [-0.05, 0) is 74.1 Å². The zero-order chi connectivity index (χ0) is 22.9. The second-order valence-corrected chi connectivity index (χ2v) is 7.80. The predicted octanol–water partition coefficient (Wildman–Crippen LogP) is 4.78. The summed E-state index contributed by atoms with van der Waals surface area (Å²) in [6.07, 6.45) is 0.346. The van der Waals surface area contributed by atoms with Crippen LogP contribution in [-0.2, 0) is 11.2 Å². The summed E-state index contributed by atoms with van der Waals surface area (Å²) in [5.74, 6) is 0.253. The van der Waals surface area contributed by atoms with Crippen LogP contribution in [0.1, 0.15) is 29.8 Å². The molecule has 0 unspecified atom stereocenters. The summed E-state index contributed by atoms with van der Waals surface area (Å²) >= 11 is 5.26. The van der Waals surface area contributed by atoms with Crippen molar-refractivity contribution in [2.24, 2.45) is 0 Å². The molecule has 0 atom stereocenters. The largest absolute Gasteiger partial charge is 0.491 e. The highest BCUT2D eigenvalue weighted by atomic mass is 32.1. The summed E-state index contributed by atoms with van der Waals surface area (Å²) in [5.41, 5.74) is 2.68. The fourth-order valence-electron chi connectivity index (χ4n) is 2.96. The average molecular weight is 448 g/mol. The number of carbonyl (C=O) groups is 2. The van der Waals surface area contributed by atoms with E-state index in [2.05, 4.69) is 16.0 Å². The first kappa shape index (κ1) is 23.0. The van der Waals surface area contributed by atoms with Gasteiger partial charge in [0, 0.05) is 16.9 Å². The smallest absolute Gasteiger partial charge is 0.257 e. The van der Waals surface area contributed by atoms with Gasteiger partial charge in [-0.25, -0.2) is 0 Å². The molecule has 32 heavy (non-hydrogen) atoms. The lowest BCUT2D eigenvalue weighted by Gasteiger charge is -2.12. The summed E-state index contributed by atoms with van der Waals surface area (Å²) in [6, 6.07) is 23.5. The summed E-state index contributed by atoms with van der Waals surface area (Å²) in [5, 5.41) is 8.64. The van der Waals surface area contributed by atoms with Crippen LogP contribution in [0.2, 0.25) is 0 Å². The number of rotatable bonds is 7. The molecule has 3 aromatic carbocycles. The molecule has 7 heteroatoms. The van der Waals surface area contributed by atoms with Gasteiger partial charge in [0.25, 0.3) is 5.91 Å². The van der Waals surface area contributed by atoms with E-state index in [9.17, 15) is 9.59 Å². The second-order valence-electron chi connectivity index (χ2n) is 7.39. The lowest BCUT2D eigenvalue weighted by Crippen LogP contribution is -2.34. The van der Waals surface area contributed by atoms with Gasteiger partial charge in [0.1, 0.15) is 5.75 Å². The van der Waals surface area contributed by atoms with Crippen molar-refractivity contribution in [1.29, 1.82) is 0 Å². The van der Waals surface area contributed by atoms with Crippen molar-refractivity contribution in [2.75, 3.05) is 10.6 Å². The molecule has 6 nitrogen and oxygen atoms in total. The maximum atomic E-state index is 12.4. The quantitative estimate of drug-likeness (QED) is 0.454. The van der Waals surface area contributed by atoms with Crippen molar-refractivity contribution < 1.29 is 14.3 Å². The van der Waals surface area contributed by atoms with Crippen LogP contribution in [0.3, 0.4) is 0 Å². The van der Waals surface area contributed by atoms with Crippen LogP contribution < -0.4 is 20.7 Å². The van der Waals surface area contributed by atoms with Gasteiger partial charge in [-0.1, -0.05) is 36.4 Å². The van der Waals surface area contributed by atoms with E-state index in [1.807, 2.05) is 44.2 Å². The number of amides is 2. The minimum atomic E-state index is -0.328. The van der Waals surface area contributed by atoms with Crippen molar-refractivity contribution in [3.8, 4) is 5.75 Å². The van der Waals surface area contributed by atoms with E-state index in [1.165, 1.54) is 0 Å². The predicted molar refractivity (Wildman–Crippen MR) is 131 cm³/mol. The summed E-state index contributed by atoms with van der Waals surface area (Å²) in [7, 11) is 0. The Hall–Kier alpha value is -3.71. The molecule has 3 N–H and O–H groups in total. The van der Waals surface area contributed by atoms with Crippen LogP contribution in [0.25, 0.3) is 0 Å². The molecule has 2 amide bonds. The van der Waals surface area contributed by atoms with Gasteiger partial charge in [0.15, 0.2) is 5.11 Å². The standard InChI is InChI=1S/C25H25N3O3S/c1-17(2)31-22-13-11-19(12-14-22)24(30)28-25(32)27-21-10-6-9-20(16-21)26-23(29)15-18-7-4-3-5-8-18/h3-14,16-17H,15H2,1-2H3,(H,26,29)(H2,27,28,30,32). The number of ether oxygens (including phenoxy) is 1. The third-order valence-electron chi connectivity index (χ3n) is 4.33. The molecule has 0 saturated heterocycles. The molecule has 0 heterocycles. The van der Waals surface area contributed by atoms with Gasteiger partial charge in [-0.3, -0.25) is 14.9 Å². The molecule has 0 bridgehead atoms. The Morgan fingerprint density at radius 3 is 2.19 bits per heavy atom. The Morgan fingerprint density at radius 1 is 0.875 bits per heavy atom. The van der Waals surface area contributed by atoms with E-state index in [1.54, 1.807) is 48.5 Å². The average Bonchev–Trinajstić information content (AvgIpc) is 2.74. The SMILES string of the molecule is CC(C)Oc1ccc(C(=O)NC(=S)Nc2cccc(NC(=O)Cc3ccccc3)c2)cc1. The number of hydrogen-bond donors (Lipinski definition) is 3. The van der Waals surface area contributed by atoms with E-state index in [0.717, 1.165) is 5.56 Å². The number of hydrogen-bond acceptors (Lipinski definition) is 4. The first-order valence-electron chi connectivity index (χ1n) is 10.2. The second kappa shape index (κ2) is 11.1. The minimum Gasteiger partial charge on any atom is -0.491 e. The number of nitrogens with one attached hydrogen (secondary N) is 3. The van der Waals surface area contributed by atoms with Crippen molar-refractivity contribution in [3.63, 3.8) is 0 Å². The molecule has 0 fully saturated rings. The molecular formula is C25H25N3O3S. The van der Waals surface area contributed by atoms with Gasteiger partial charge in [0.2, 0.25) is 5.91 Å². The fraction of sp³-hybridized carbons (Fsp3) is 0.160. The van der Waals surface area contributed by atoms with Crippen molar-refractivity contribution >= 4 is 40.5 Å². The maximum absolute atomic E-state index is 12.4. The zero-order valence-electron chi connectivity index (χ0n) is 17.9. The molecule has 0 aliphatic heterocycles. The third kappa shape index (κ3) is 7.21. The van der Waals surface area contributed by atoms with Gasteiger partial charge >= 0.3 is 0 Å².